The highest BCUT2D eigenvalue weighted by molar-refractivity contribution is 6.05. The molecule has 0 aliphatic carbocycles. The van der Waals surface area contributed by atoms with Crippen molar-refractivity contribution in [3.05, 3.63) is 78.6 Å². The summed E-state index contributed by atoms with van der Waals surface area (Å²) in [5, 5.41) is 3.35. The minimum absolute atomic E-state index is 0.304. The van der Waals surface area contributed by atoms with Crippen LogP contribution in [0.3, 0.4) is 0 Å². The predicted octanol–water partition coefficient (Wildman–Crippen LogP) is 4.69. The number of rotatable bonds is 6. The van der Waals surface area contributed by atoms with Crippen LogP contribution >= 0.6 is 0 Å². The molecule has 2 aromatic heterocycles. The van der Waals surface area contributed by atoms with Gasteiger partial charge in [0.05, 0.1) is 24.5 Å². The topological polar surface area (TPSA) is 90.7 Å². The van der Waals surface area contributed by atoms with Crippen LogP contribution in [0.1, 0.15) is 17.3 Å². The van der Waals surface area contributed by atoms with Gasteiger partial charge < -0.3 is 19.2 Å². The summed E-state index contributed by atoms with van der Waals surface area (Å²) in [7, 11) is 1.54. The van der Waals surface area contributed by atoms with Gasteiger partial charge in [-0.1, -0.05) is 24.3 Å². The molecule has 7 nitrogen and oxygen atoms in total. The van der Waals surface area contributed by atoms with Gasteiger partial charge in [0.1, 0.15) is 11.4 Å². The summed E-state index contributed by atoms with van der Waals surface area (Å²) in [5.74, 6) is 0.0608. The Labute approximate surface area is 178 Å². The van der Waals surface area contributed by atoms with Crippen LogP contribution in [0.4, 0.5) is 5.69 Å². The van der Waals surface area contributed by atoms with Gasteiger partial charge in [0.25, 0.3) is 5.91 Å². The molecule has 4 rings (SSSR count). The highest BCUT2D eigenvalue weighted by atomic mass is 16.5. The number of hydrogen-bond donors (Lipinski definition) is 1. The Morgan fingerprint density at radius 2 is 1.87 bits per heavy atom. The summed E-state index contributed by atoms with van der Waals surface area (Å²) in [6.07, 6.45) is 0.521. The van der Waals surface area contributed by atoms with Crippen LogP contribution in [0, 0.1) is 0 Å². The Morgan fingerprint density at radius 1 is 1.03 bits per heavy atom. The Morgan fingerprint density at radius 3 is 2.65 bits per heavy atom. The minimum Gasteiger partial charge on any atom is -0.497 e. The minimum atomic E-state index is -1.02. The molecule has 0 unspecified atom stereocenters. The van der Waals surface area contributed by atoms with Crippen molar-refractivity contribution in [3.63, 3.8) is 0 Å². The lowest BCUT2D eigenvalue weighted by atomic mass is 10.1. The fourth-order valence-electron chi connectivity index (χ4n) is 3.12. The molecule has 0 spiro atoms. The first-order valence-electron chi connectivity index (χ1n) is 9.64. The van der Waals surface area contributed by atoms with Crippen molar-refractivity contribution in [2.75, 3.05) is 12.4 Å². The molecule has 0 fully saturated rings. The summed E-state index contributed by atoms with van der Waals surface area (Å²) in [6, 6.07) is 19.3. The molecule has 0 saturated heterocycles. The van der Waals surface area contributed by atoms with Gasteiger partial charge in [-0.25, -0.2) is 9.78 Å². The number of furan rings is 1. The number of nitrogens with zero attached hydrogens (tertiary/aromatic N) is 1. The number of fused-ring (bicyclic) bond motifs is 1. The highest BCUT2D eigenvalue weighted by Gasteiger charge is 2.22. The summed E-state index contributed by atoms with van der Waals surface area (Å²) in [6.45, 7) is 1.52. The summed E-state index contributed by atoms with van der Waals surface area (Å²) < 4.78 is 16.0. The number of hydrogen-bond acceptors (Lipinski definition) is 6. The fourth-order valence-corrected chi connectivity index (χ4v) is 3.12. The number of carbonyl (C=O) groups is 2. The average Bonchev–Trinajstić information content (AvgIpc) is 3.33. The molecule has 0 aliphatic rings. The summed E-state index contributed by atoms with van der Waals surface area (Å²) >= 11 is 0. The highest BCUT2D eigenvalue weighted by Crippen LogP contribution is 2.26. The maximum Gasteiger partial charge on any atom is 0.339 e. The van der Waals surface area contributed by atoms with E-state index in [-0.39, 0.29) is 0 Å². The zero-order chi connectivity index (χ0) is 21.8. The number of carbonyl (C=O) groups excluding carboxylic acids is 2. The monoisotopic (exact) mass is 416 g/mol. The lowest BCUT2D eigenvalue weighted by Gasteiger charge is -2.15. The second kappa shape index (κ2) is 8.71. The SMILES string of the molecule is COc1cccc(NC(=O)[C@H](C)OC(=O)c2cc(-c3ccco3)nc3ccccc23)c1. The van der Waals surface area contributed by atoms with E-state index >= 15 is 0 Å². The van der Waals surface area contributed by atoms with Crippen molar-refractivity contribution in [1.29, 1.82) is 0 Å². The van der Waals surface area contributed by atoms with Crippen molar-refractivity contribution in [1.82, 2.24) is 4.98 Å². The van der Waals surface area contributed by atoms with Crippen LogP contribution < -0.4 is 10.1 Å². The molecular formula is C24H20N2O5. The first-order chi connectivity index (χ1) is 15.0. The van der Waals surface area contributed by atoms with Gasteiger partial charge in [0.2, 0.25) is 0 Å². The maximum atomic E-state index is 13.0. The molecule has 31 heavy (non-hydrogen) atoms. The third-order valence-corrected chi connectivity index (χ3v) is 4.70. The van der Waals surface area contributed by atoms with Gasteiger partial charge in [-0.2, -0.15) is 0 Å². The van der Waals surface area contributed by atoms with Crippen molar-refractivity contribution >= 4 is 28.5 Å². The number of nitrogens with one attached hydrogen (secondary N) is 1. The second-order valence-electron chi connectivity index (χ2n) is 6.82. The Kier molecular flexibility index (Phi) is 5.66. The molecule has 156 valence electrons. The van der Waals surface area contributed by atoms with E-state index in [1.54, 1.807) is 61.7 Å². The second-order valence-corrected chi connectivity index (χ2v) is 6.82. The van der Waals surface area contributed by atoms with Crippen LogP contribution in [0.5, 0.6) is 5.75 Å². The third kappa shape index (κ3) is 4.40. The average molecular weight is 416 g/mol. The first-order valence-corrected chi connectivity index (χ1v) is 9.64. The van der Waals surface area contributed by atoms with Gasteiger partial charge in [-0.3, -0.25) is 4.79 Å². The third-order valence-electron chi connectivity index (χ3n) is 4.70. The number of amides is 1. The molecule has 2 heterocycles. The van der Waals surface area contributed by atoms with Gasteiger partial charge in [-0.05, 0) is 43.3 Å². The Bertz CT molecular complexity index is 1230. The van der Waals surface area contributed by atoms with E-state index < -0.39 is 18.0 Å². The van der Waals surface area contributed by atoms with E-state index in [4.69, 9.17) is 13.9 Å². The van der Waals surface area contributed by atoms with Gasteiger partial charge in [0, 0.05) is 17.1 Å². The lowest BCUT2D eigenvalue weighted by molar-refractivity contribution is -0.123. The molecule has 1 atom stereocenters. The number of anilines is 1. The molecule has 0 aliphatic heterocycles. The number of pyridine rings is 1. The first kappa shape index (κ1) is 20.2. The number of para-hydroxylation sites is 1. The summed E-state index contributed by atoms with van der Waals surface area (Å²) in [4.78, 5) is 30.1. The van der Waals surface area contributed by atoms with E-state index in [1.165, 1.54) is 13.2 Å². The van der Waals surface area contributed by atoms with Crippen LogP contribution in [-0.4, -0.2) is 30.1 Å². The number of esters is 1. The van der Waals surface area contributed by atoms with E-state index in [2.05, 4.69) is 10.3 Å². The van der Waals surface area contributed by atoms with Crippen molar-refractivity contribution in [3.8, 4) is 17.2 Å². The number of ether oxygens (including phenoxy) is 2. The van der Waals surface area contributed by atoms with Crippen molar-refractivity contribution in [2.45, 2.75) is 13.0 Å². The van der Waals surface area contributed by atoms with Gasteiger partial charge >= 0.3 is 5.97 Å². The zero-order valence-electron chi connectivity index (χ0n) is 17.0. The van der Waals surface area contributed by atoms with E-state index in [9.17, 15) is 9.59 Å². The van der Waals surface area contributed by atoms with Crippen LogP contribution in [-0.2, 0) is 9.53 Å². The number of benzene rings is 2. The van der Waals surface area contributed by atoms with Gasteiger partial charge in [0.15, 0.2) is 11.9 Å². The molecule has 2 aromatic carbocycles. The van der Waals surface area contributed by atoms with Crippen LogP contribution in [0.25, 0.3) is 22.4 Å². The molecule has 1 N–H and O–H groups in total. The van der Waals surface area contributed by atoms with E-state index in [0.29, 0.717) is 39.4 Å². The fraction of sp³-hybridized carbons (Fsp3) is 0.125. The molecule has 1 amide bonds. The largest absolute Gasteiger partial charge is 0.497 e. The molecule has 0 saturated carbocycles. The van der Waals surface area contributed by atoms with E-state index in [1.807, 2.05) is 12.1 Å². The lowest BCUT2D eigenvalue weighted by Crippen LogP contribution is -2.30. The standard InChI is InChI=1S/C24H20N2O5/c1-15(23(27)25-16-7-5-8-17(13-16)29-2)31-24(28)19-14-21(22-11-6-12-30-22)26-20-10-4-3-9-18(19)20/h3-15H,1-2H3,(H,25,27)/t15-/m0/s1. The summed E-state index contributed by atoms with van der Waals surface area (Å²) in [5.41, 5.74) is 1.97. The normalized spacial score (nSPS) is 11.7. The molecular weight excluding hydrogens is 396 g/mol. The van der Waals surface area contributed by atoms with Crippen LogP contribution in [0.15, 0.2) is 77.4 Å². The smallest absolute Gasteiger partial charge is 0.339 e. The Balaban J connectivity index is 1.56. The van der Waals surface area contributed by atoms with Crippen molar-refractivity contribution < 1.29 is 23.5 Å². The quantitative estimate of drug-likeness (QED) is 0.459. The zero-order valence-corrected chi connectivity index (χ0v) is 17.0. The molecule has 0 bridgehead atoms. The predicted molar refractivity (Wildman–Crippen MR) is 116 cm³/mol. The number of aromatic nitrogens is 1. The molecule has 0 radical (unpaired) electrons. The number of methoxy groups -OCH3 is 1. The van der Waals surface area contributed by atoms with Crippen LogP contribution in [0.2, 0.25) is 0 Å². The molecule has 7 heteroatoms. The van der Waals surface area contributed by atoms with Gasteiger partial charge in [-0.15, -0.1) is 0 Å². The Hall–Kier alpha value is -4.13. The van der Waals surface area contributed by atoms with E-state index in [0.717, 1.165) is 0 Å². The maximum absolute atomic E-state index is 13.0. The molecule has 4 aromatic rings. The van der Waals surface area contributed by atoms with Crippen molar-refractivity contribution in [2.24, 2.45) is 0 Å².